The van der Waals surface area contributed by atoms with E-state index in [4.69, 9.17) is 5.73 Å². The van der Waals surface area contributed by atoms with E-state index >= 15 is 0 Å². The van der Waals surface area contributed by atoms with Crippen LogP contribution in [0, 0.1) is 5.92 Å². The van der Waals surface area contributed by atoms with Crippen LogP contribution in [0.1, 0.15) is 64.8 Å². The summed E-state index contributed by atoms with van der Waals surface area (Å²) in [5.74, 6) is -0.627. The zero-order chi connectivity index (χ0) is 24.6. The summed E-state index contributed by atoms with van der Waals surface area (Å²) < 4.78 is 27.5. The molecule has 0 spiro atoms. The van der Waals surface area contributed by atoms with Crippen LogP contribution in [0.5, 0.6) is 0 Å². The predicted molar refractivity (Wildman–Crippen MR) is 134 cm³/mol. The van der Waals surface area contributed by atoms with Gasteiger partial charge in [-0.2, -0.15) is 4.31 Å². The number of sulfonamides is 1. The summed E-state index contributed by atoms with van der Waals surface area (Å²) in [6.45, 7) is 8.90. The molecule has 2 amide bonds. The second kappa shape index (κ2) is 9.77. The van der Waals surface area contributed by atoms with Gasteiger partial charge in [0.1, 0.15) is 5.00 Å². The molecule has 1 fully saturated rings. The number of anilines is 1. The minimum atomic E-state index is -3.59. The van der Waals surface area contributed by atoms with Crippen molar-refractivity contribution in [1.29, 1.82) is 0 Å². The average molecular weight is 505 g/mol. The maximum Gasteiger partial charge on any atom is 0.256 e. The molecule has 1 atom stereocenters. The standard InChI is InChI=1S/C24H32N4O4S2/c1-15(2)27-12-10-19-20(14-27)33-24(21(19)22(25)29)26-23(30)17-6-8-18(9-7-17)34(31,32)28-11-4-5-16(3)13-28/h6-9,15-16H,4-5,10-14H2,1-3H3,(H2,25,29)(H,26,30). The molecule has 8 nitrogen and oxygen atoms in total. The summed E-state index contributed by atoms with van der Waals surface area (Å²) >= 11 is 1.38. The maximum atomic E-state index is 13.0. The first-order chi connectivity index (χ1) is 16.1. The number of fused-ring (bicyclic) bond motifs is 1. The van der Waals surface area contributed by atoms with Crippen molar-refractivity contribution >= 4 is 38.2 Å². The molecule has 34 heavy (non-hydrogen) atoms. The third-order valence-corrected chi connectivity index (χ3v) is 9.68. The van der Waals surface area contributed by atoms with Gasteiger partial charge in [0.05, 0.1) is 10.5 Å². The van der Waals surface area contributed by atoms with E-state index in [1.54, 1.807) is 0 Å². The molecular formula is C24H32N4O4S2. The molecule has 0 saturated carbocycles. The summed E-state index contributed by atoms with van der Waals surface area (Å²) in [6.07, 6.45) is 2.59. The first-order valence-electron chi connectivity index (χ1n) is 11.7. The van der Waals surface area contributed by atoms with E-state index in [-0.39, 0.29) is 4.90 Å². The Morgan fingerprint density at radius 3 is 2.50 bits per heavy atom. The SMILES string of the molecule is CC1CCCN(S(=O)(=O)c2ccc(C(=O)Nc3sc4c(c3C(N)=O)CCN(C(C)C)C4)cc2)C1. The number of nitrogens with one attached hydrogen (secondary N) is 1. The first-order valence-corrected chi connectivity index (χ1v) is 13.9. The van der Waals surface area contributed by atoms with E-state index in [0.29, 0.717) is 47.6 Å². The molecule has 1 aromatic heterocycles. The number of piperidine rings is 1. The molecule has 2 aromatic rings. The van der Waals surface area contributed by atoms with Gasteiger partial charge in [0.15, 0.2) is 0 Å². The fourth-order valence-electron chi connectivity index (χ4n) is 4.68. The molecule has 1 aromatic carbocycles. The van der Waals surface area contributed by atoms with Crippen LogP contribution in [0.25, 0.3) is 0 Å². The van der Waals surface area contributed by atoms with Crippen LogP contribution < -0.4 is 11.1 Å². The van der Waals surface area contributed by atoms with Crippen LogP contribution in [0.2, 0.25) is 0 Å². The zero-order valence-corrected chi connectivity index (χ0v) is 21.5. The summed E-state index contributed by atoms with van der Waals surface area (Å²) in [4.78, 5) is 28.7. The monoisotopic (exact) mass is 504 g/mol. The minimum Gasteiger partial charge on any atom is -0.365 e. The molecule has 4 rings (SSSR count). The maximum absolute atomic E-state index is 13.0. The number of rotatable bonds is 6. The van der Waals surface area contributed by atoms with Crippen molar-refractivity contribution in [3.8, 4) is 0 Å². The van der Waals surface area contributed by atoms with Crippen molar-refractivity contribution < 1.29 is 18.0 Å². The van der Waals surface area contributed by atoms with E-state index in [1.807, 2.05) is 0 Å². The van der Waals surface area contributed by atoms with Gasteiger partial charge < -0.3 is 11.1 Å². The molecule has 1 saturated heterocycles. The van der Waals surface area contributed by atoms with Crippen molar-refractivity contribution in [1.82, 2.24) is 9.21 Å². The van der Waals surface area contributed by atoms with Crippen molar-refractivity contribution in [3.05, 3.63) is 45.8 Å². The van der Waals surface area contributed by atoms with Crippen molar-refractivity contribution in [2.24, 2.45) is 11.7 Å². The molecule has 184 valence electrons. The van der Waals surface area contributed by atoms with E-state index in [9.17, 15) is 18.0 Å². The van der Waals surface area contributed by atoms with Crippen molar-refractivity contribution in [3.63, 3.8) is 0 Å². The third-order valence-electron chi connectivity index (χ3n) is 6.66. The number of nitrogens with two attached hydrogens (primary N) is 1. The molecular weight excluding hydrogens is 472 g/mol. The minimum absolute atomic E-state index is 0.177. The Balaban J connectivity index is 1.53. The molecule has 3 N–H and O–H groups in total. The highest BCUT2D eigenvalue weighted by molar-refractivity contribution is 7.89. The summed E-state index contributed by atoms with van der Waals surface area (Å²) in [5, 5.41) is 3.29. The highest BCUT2D eigenvalue weighted by atomic mass is 32.2. The number of hydrogen-bond acceptors (Lipinski definition) is 6. The Kier molecular flexibility index (Phi) is 7.14. The highest BCUT2D eigenvalue weighted by Crippen LogP contribution is 2.37. The number of carbonyl (C=O) groups is 2. The van der Waals surface area contributed by atoms with Crippen LogP contribution in [0.3, 0.4) is 0 Å². The van der Waals surface area contributed by atoms with E-state index in [1.165, 1.54) is 39.9 Å². The lowest BCUT2D eigenvalue weighted by Gasteiger charge is -2.30. The molecule has 3 heterocycles. The van der Waals surface area contributed by atoms with Crippen LogP contribution in [-0.2, 0) is 23.0 Å². The van der Waals surface area contributed by atoms with Gasteiger partial charge in [-0.1, -0.05) is 6.92 Å². The average Bonchev–Trinajstić information content (AvgIpc) is 3.16. The van der Waals surface area contributed by atoms with Gasteiger partial charge in [0.25, 0.3) is 11.8 Å². The fraction of sp³-hybridized carbons (Fsp3) is 0.500. The van der Waals surface area contributed by atoms with Gasteiger partial charge in [0.2, 0.25) is 10.0 Å². The topological polar surface area (TPSA) is 113 Å². The van der Waals surface area contributed by atoms with E-state index in [0.717, 1.165) is 36.4 Å². The molecule has 0 aliphatic carbocycles. The smallest absolute Gasteiger partial charge is 0.256 e. The third kappa shape index (κ3) is 4.91. The fourth-order valence-corrected chi connectivity index (χ4v) is 7.55. The summed E-state index contributed by atoms with van der Waals surface area (Å²) in [5.41, 5.74) is 7.29. The number of amides is 2. The van der Waals surface area contributed by atoms with Gasteiger partial charge in [-0.25, -0.2) is 8.42 Å². The first kappa shape index (κ1) is 24.8. The Hall–Kier alpha value is -2.27. The number of thiophene rings is 1. The highest BCUT2D eigenvalue weighted by Gasteiger charge is 2.30. The summed E-state index contributed by atoms with van der Waals surface area (Å²) in [7, 11) is -3.59. The number of carbonyl (C=O) groups excluding carboxylic acids is 2. The molecule has 2 aliphatic heterocycles. The van der Waals surface area contributed by atoms with Crippen molar-refractivity contribution in [2.45, 2.75) is 57.5 Å². The summed E-state index contributed by atoms with van der Waals surface area (Å²) in [6, 6.07) is 6.34. The predicted octanol–water partition coefficient (Wildman–Crippen LogP) is 3.29. The molecule has 2 aliphatic rings. The Morgan fingerprint density at radius 2 is 1.88 bits per heavy atom. The molecule has 0 radical (unpaired) electrons. The number of benzene rings is 1. The number of nitrogens with zero attached hydrogens (tertiary/aromatic N) is 2. The van der Waals surface area contributed by atoms with Crippen LogP contribution >= 0.6 is 11.3 Å². The van der Waals surface area contributed by atoms with Crippen LogP contribution in [-0.4, -0.2) is 55.1 Å². The van der Waals surface area contributed by atoms with Gasteiger partial charge in [0, 0.05) is 42.7 Å². The van der Waals surface area contributed by atoms with Gasteiger partial charge >= 0.3 is 0 Å². The molecule has 10 heteroatoms. The molecule has 0 bridgehead atoms. The van der Waals surface area contributed by atoms with Gasteiger partial charge in [-0.15, -0.1) is 11.3 Å². The van der Waals surface area contributed by atoms with Crippen LogP contribution in [0.4, 0.5) is 5.00 Å². The van der Waals surface area contributed by atoms with E-state index < -0.39 is 21.8 Å². The quantitative estimate of drug-likeness (QED) is 0.627. The largest absolute Gasteiger partial charge is 0.365 e. The Labute approximate surface area is 205 Å². The zero-order valence-electron chi connectivity index (χ0n) is 19.8. The normalized spacial score (nSPS) is 19.7. The second-order valence-electron chi connectivity index (χ2n) is 9.48. The molecule has 1 unspecified atom stereocenters. The Morgan fingerprint density at radius 1 is 1.18 bits per heavy atom. The lowest BCUT2D eigenvalue weighted by molar-refractivity contribution is 0.0999. The lowest BCUT2D eigenvalue weighted by Crippen LogP contribution is -2.39. The van der Waals surface area contributed by atoms with Gasteiger partial charge in [-0.05, 0) is 68.9 Å². The van der Waals surface area contributed by atoms with Gasteiger partial charge in [-0.3, -0.25) is 14.5 Å². The number of primary amides is 1. The van der Waals surface area contributed by atoms with Crippen LogP contribution in [0.15, 0.2) is 29.2 Å². The van der Waals surface area contributed by atoms with Crippen molar-refractivity contribution in [2.75, 3.05) is 25.0 Å². The Bertz CT molecular complexity index is 1190. The second-order valence-corrected chi connectivity index (χ2v) is 12.5. The number of hydrogen-bond donors (Lipinski definition) is 2. The lowest BCUT2D eigenvalue weighted by atomic mass is 10.0. The van der Waals surface area contributed by atoms with E-state index in [2.05, 4.69) is 31.0 Å².